The Balaban J connectivity index is 2.03. The molecule has 0 atom stereocenters. The van der Waals surface area contributed by atoms with Gasteiger partial charge in [0.05, 0.1) is 17.6 Å². The summed E-state index contributed by atoms with van der Waals surface area (Å²) in [7, 11) is 0. The maximum absolute atomic E-state index is 11.2. The van der Waals surface area contributed by atoms with Crippen LogP contribution < -0.4 is 5.32 Å². The first-order valence-corrected chi connectivity index (χ1v) is 7.83. The van der Waals surface area contributed by atoms with Crippen molar-refractivity contribution in [1.82, 2.24) is 19.1 Å². The Morgan fingerprint density at radius 2 is 2.17 bits per heavy atom. The summed E-state index contributed by atoms with van der Waals surface area (Å²) in [5.74, 6) is 1.90. The van der Waals surface area contributed by atoms with Gasteiger partial charge in [0.1, 0.15) is 11.6 Å². The largest absolute Gasteiger partial charge is 0.328 e. The highest BCUT2D eigenvalue weighted by Gasteiger charge is 2.12. The third-order valence-corrected chi connectivity index (χ3v) is 3.83. The van der Waals surface area contributed by atoms with E-state index < -0.39 is 0 Å². The van der Waals surface area contributed by atoms with E-state index in [1.807, 2.05) is 31.3 Å². The Morgan fingerprint density at radius 1 is 1.35 bits per heavy atom. The second kappa shape index (κ2) is 6.24. The SMILES string of the molecule is CCCn1c(Cn2ccnc2C)nc2cc(NC(C)=O)ccc21. The Bertz CT molecular complexity index is 846. The fourth-order valence-electron chi connectivity index (χ4n) is 2.78. The van der Waals surface area contributed by atoms with Crippen LogP contribution in [-0.4, -0.2) is 25.0 Å². The van der Waals surface area contributed by atoms with Gasteiger partial charge in [0.25, 0.3) is 0 Å². The van der Waals surface area contributed by atoms with Gasteiger partial charge in [-0.05, 0) is 31.5 Å². The quantitative estimate of drug-likeness (QED) is 0.788. The second-order valence-corrected chi connectivity index (χ2v) is 5.67. The molecule has 0 bridgehead atoms. The summed E-state index contributed by atoms with van der Waals surface area (Å²) in [5.41, 5.74) is 2.77. The number of nitrogens with one attached hydrogen (secondary N) is 1. The highest BCUT2D eigenvalue weighted by Crippen LogP contribution is 2.22. The molecule has 1 amide bonds. The summed E-state index contributed by atoms with van der Waals surface area (Å²) in [5, 5.41) is 2.81. The number of rotatable bonds is 5. The van der Waals surface area contributed by atoms with Crippen LogP contribution in [0.25, 0.3) is 11.0 Å². The number of benzene rings is 1. The molecule has 0 spiro atoms. The minimum Gasteiger partial charge on any atom is -0.328 e. The van der Waals surface area contributed by atoms with Gasteiger partial charge in [-0.25, -0.2) is 9.97 Å². The van der Waals surface area contributed by atoms with Crippen LogP contribution in [0.5, 0.6) is 0 Å². The maximum atomic E-state index is 11.2. The van der Waals surface area contributed by atoms with Crippen molar-refractivity contribution in [3.05, 3.63) is 42.2 Å². The summed E-state index contributed by atoms with van der Waals surface area (Å²) in [6.07, 6.45) is 4.81. The molecule has 3 rings (SSSR count). The number of aromatic nitrogens is 4. The average Bonchev–Trinajstić information content (AvgIpc) is 3.04. The number of carbonyl (C=O) groups is 1. The number of fused-ring (bicyclic) bond motifs is 1. The van der Waals surface area contributed by atoms with Gasteiger partial charge in [0, 0.05) is 31.5 Å². The second-order valence-electron chi connectivity index (χ2n) is 5.67. The molecular formula is C17H21N5O. The van der Waals surface area contributed by atoms with Crippen LogP contribution in [0.3, 0.4) is 0 Å². The number of hydrogen-bond donors (Lipinski definition) is 1. The molecule has 2 heterocycles. The lowest BCUT2D eigenvalue weighted by Gasteiger charge is -2.09. The van der Waals surface area contributed by atoms with E-state index in [-0.39, 0.29) is 5.91 Å². The van der Waals surface area contributed by atoms with Crippen LogP contribution in [-0.2, 0) is 17.9 Å². The fraction of sp³-hybridized carbons (Fsp3) is 0.353. The molecule has 1 N–H and O–H groups in total. The normalized spacial score (nSPS) is 11.1. The number of anilines is 1. The Kier molecular flexibility index (Phi) is 4.14. The van der Waals surface area contributed by atoms with Crippen molar-refractivity contribution in [3.63, 3.8) is 0 Å². The Hall–Kier alpha value is -2.63. The van der Waals surface area contributed by atoms with Crippen molar-refractivity contribution in [2.24, 2.45) is 0 Å². The van der Waals surface area contributed by atoms with E-state index >= 15 is 0 Å². The molecule has 0 fully saturated rings. The fourth-order valence-corrected chi connectivity index (χ4v) is 2.78. The van der Waals surface area contributed by atoms with E-state index in [9.17, 15) is 4.79 Å². The summed E-state index contributed by atoms with van der Waals surface area (Å²) in [6.45, 7) is 7.26. The predicted octanol–water partition coefficient (Wildman–Crippen LogP) is 2.96. The first-order valence-electron chi connectivity index (χ1n) is 7.83. The average molecular weight is 311 g/mol. The van der Waals surface area contributed by atoms with Crippen LogP contribution in [0.1, 0.15) is 31.9 Å². The van der Waals surface area contributed by atoms with Crippen LogP contribution >= 0.6 is 0 Å². The number of carbonyl (C=O) groups excluding carboxylic acids is 1. The van der Waals surface area contributed by atoms with Crippen molar-refractivity contribution in [1.29, 1.82) is 0 Å². The zero-order valence-corrected chi connectivity index (χ0v) is 13.7. The topological polar surface area (TPSA) is 64.7 Å². The van der Waals surface area contributed by atoms with Crippen LogP contribution in [0.2, 0.25) is 0 Å². The van der Waals surface area contributed by atoms with Crippen LogP contribution in [0.4, 0.5) is 5.69 Å². The monoisotopic (exact) mass is 311 g/mol. The lowest BCUT2D eigenvalue weighted by molar-refractivity contribution is -0.114. The number of amides is 1. The molecule has 0 saturated carbocycles. The van der Waals surface area contributed by atoms with Crippen molar-refractivity contribution in [3.8, 4) is 0 Å². The number of nitrogens with zero attached hydrogens (tertiary/aromatic N) is 4. The van der Waals surface area contributed by atoms with Crippen molar-refractivity contribution in [2.45, 2.75) is 40.3 Å². The molecule has 120 valence electrons. The summed E-state index contributed by atoms with van der Waals surface area (Å²) < 4.78 is 4.33. The summed E-state index contributed by atoms with van der Waals surface area (Å²) >= 11 is 0. The van der Waals surface area contributed by atoms with Gasteiger partial charge in [-0.2, -0.15) is 0 Å². The molecule has 0 aliphatic heterocycles. The molecule has 23 heavy (non-hydrogen) atoms. The van der Waals surface area contributed by atoms with Gasteiger partial charge in [0.2, 0.25) is 5.91 Å². The van der Waals surface area contributed by atoms with E-state index in [0.29, 0.717) is 6.54 Å². The Morgan fingerprint density at radius 3 is 2.83 bits per heavy atom. The zero-order valence-electron chi connectivity index (χ0n) is 13.7. The smallest absolute Gasteiger partial charge is 0.221 e. The first kappa shape index (κ1) is 15.3. The van der Waals surface area contributed by atoms with Crippen LogP contribution in [0, 0.1) is 6.92 Å². The van der Waals surface area contributed by atoms with Crippen molar-refractivity contribution in [2.75, 3.05) is 5.32 Å². The third kappa shape index (κ3) is 3.11. The lowest BCUT2D eigenvalue weighted by atomic mass is 10.2. The third-order valence-electron chi connectivity index (χ3n) is 3.83. The highest BCUT2D eigenvalue weighted by molar-refractivity contribution is 5.91. The van der Waals surface area contributed by atoms with Gasteiger partial charge in [-0.15, -0.1) is 0 Å². The summed E-state index contributed by atoms with van der Waals surface area (Å²) in [6, 6.07) is 5.87. The molecule has 2 aromatic heterocycles. The molecule has 0 unspecified atom stereocenters. The first-order chi connectivity index (χ1) is 11.1. The molecule has 0 radical (unpaired) electrons. The summed E-state index contributed by atoms with van der Waals surface area (Å²) in [4.78, 5) is 20.3. The molecule has 1 aromatic carbocycles. The zero-order chi connectivity index (χ0) is 16.4. The van der Waals surface area contributed by atoms with Crippen LogP contribution in [0.15, 0.2) is 30.6 Å². The molecule has 0 aliphatic rings. The minimum absolute atomic E-state index is 0.0772. The molecule has 0 aliphatic carbocycles. The molecule has 3 aromatic rings. The van der Waals surface area contributed by atoms with Gasteiger partial charge < -0.3 is 14.5 Å². The standard InChI is InChI=1S/C17H21N5O/c1-4-8-22-16-6-5-14(19-13(3)23)10-15(16)20-17(22)11-21-9-7-18-12(21)2/h5-7,9-10H,4,8,11H2,1-3H3,(H,19,23). The molecular weight excluding hydrogens is 290 g/mol. The number of imidazole rings is 2. The lowest BCUT2D eigenvalue weighted by Crippen LogP contribution is -2.09. The number of aryl methyl sites for hydroxylation is 2. The maximum Gasteiger partial charge on any atom is 0.221 e. The van der Waals surface area contributed by atoms with E-state index in [1.165, 1.54) is 6.92 Å². The highest BCUT2D eigenvalue weighted by atomic mass is 16.1. The van der Waals surface area contributed by atoms with Crippen molar-refractivity contribution >= 4 is 22.6 Å². The number of hydrogen-bond acceptors (Lipinski definition) is 3. The minimum atomic E-state index is -0.0772. The Labute approximate surface area is 135 Å². The molecule has 6 heteroatoms. The van der Waals surface area contributed by atoms with E-state index in [1.54, 1.807) is 6.20 Å². The van der Waals surface area contributed by atoms with Gasteiger partial charge in [-0.1, -0.05) is 6.92 Å². The van der Waals surface area contributed by atoms with Gasteiger partial charge in [-0.3, -0.25) is 4.79 Å². The van der Waals surface area contributed by atoms with E-state index in [0.717, 1.165) is 41.3 Å². The van der Waals surface area contributed by atoms with Gasteiger partial charge in [0.15, 0.2) is 0 Å². The predicted molar refractivity (Wildman–Crippen MR) is 90.4 cm³/mol. The molecule has 6 nitrogen and oxygen atoms in total. The van der Waals surface area contributed by atoms with E-state index in [4.69, 9.17) is 4.98 Å². The van der Waals surface area contributed by atoms with Crippen molar-refractivity contribution < 1.29 is 4.79 Å². The van der Waals surface area contributed by atoms with Gasteiger partial charge >= 0.3 is 0 Å². The van der Waals surface area contributed by atoms with E-state index in [2.05, 4.69) is 26.4 Å². The molecule has 0 saturated heterocycles.